The van der Waals surface area contributed by atoms with Gasteiger partial charge in [-0.25, -0.2) is 9.13 Å². The fourth-order valence-electron chi connectivity index (χ4n) is 2.06. The quantitative estimate of drug-likeness (QED) is 0.629. The van der Waals surface area contributed by atoms with E-state index >= 15 is 0 Å². The number of aromatic nitrogens is 2. The van der Waals surface area contributed by atoms with E-state index in [0.29, 0.717) is 11.4 Å². The molecule has 1 aliphatic rings. The zero-order valence-electron chi connectivity index (χ0n) is 10.8. The van der Waals surface area contributed by atoms with Gasteiger partial charge in [0.05, 0.1) is 25.0 Å². The summed E-state index contributed by atoms with van der Waals surface area (Å²) >= 11 is 0. The second-order valence-corrected chi connectivity index (χ2v) is 4.54. The predicted molar refractivity (Wildman–Crippen MR) is 71.1 cm³/mol. The summed E-state index contributed by atoms with van der Waals surface area (Å²) in [6.45, 7) is 1.92. The lowest BCUT2D eigenvalue weighted by Crippen LogP contribution is -2.24. The molecule has 0 atom stereocenters. The van der Waals surface area contributed by atoms with Crippen LogP contribution in [0.2, 0.25) is 0 Å². The van der Waals surface area contributed by atoms with E-state index in [9.17, 15) is 0 Å². The number of anilines is 2. The highest BCUT2D eigenvalue weighted by Crippen LogP contribution is 2.38. The van der Waals surface area contributed by atoms with Crippen molar-refractivity contribution >= 4 is 11.4 Å². The summed E-state index contributed by atoms with van der Waals surface area (Å²) < 4.78 is 14.7. The minimum atomic E-state index is 0.262. The highest BCUT2D eigenvalue weighted by molar-refractivity contribution is 5.72. The van der Waals surface area contributed by atoms with Gasteiger partial charge in [-0.05, 0) is 0 Å². The van der Waals surface area contributed by atoms with E-state index in [2.05, 4.69) is 9.88 Å². The first kappa shape index (κ1) is 11.7. The fourth-order valence-corrected chi connectivity index (χ4v) is 2.06. The van der Waals surface area contributed by atoms with Crippen molar-refractivity contribution in [2.24, 2.45) is 7.05 Å². The molecule has 0 saturated carbocycles. The molecule has 0 radical (unpaired) electrons. The molecular formula is C13H17N4O2+. The topological polar surface area (TPSA) is 65.3 Å². The van der Waals surface area contributed by atoms with Crippen LogP contribution in [0.1, 0.15) is 0 Å². The molecule has 0 unspecified atom stereocenters. The number of hydrogen-bond donors (Lipinski definition) is 2. The van der Waals surface area contributed by atoms with Crippen molar-refractivity contribution in [3.05, 3.63) is 30.9 Å². The van der Waals surface area contributed by atoms with Crippen LogP contribution in [0.5, 0.6) is 11.5 Å². The van der Waals surface area contributed by atoms with Crippen molar-refractivity contribution in [3.63, 3.8) is 0 Å². The van der Waals surface area contributed by atoms with Crippen molar-refractivity contribution in [2.75, 3.05) is 24.4 Å². The molecule has 100 valence electrons. The molecule has 1 aliphatic heterocycles. The molecular weight excluding hydrogens is 244 g/mol. The number of nitrogens with two attached hydrogens (primary N) is 1. The van der Waals surface area contributed by atoms with Crippen LogP contribution in [0.25, 0.3) is 0 Å². The summed E-state index contributed by atoms with van der Waals surface area (Å²) in [6, 6.07) is 3.67. The molecule has 2 aromatic rings. The molecule has 2 heterocycles. The largest absolute Gasteiger partial charge is 0.454 e. The van der Waals surface area contributed by atoms with E-state index in [-0.39, 0.29) is 6.79 Å². The summed E-state index contributed by atoms with van der Waals surface area (Å²) in [5, 5.41) is 3.31. The molecule has 0 amide bonds. The Morgan fingerprint density at radius 3 is 2.89 bits per heavy atom. The standard InChI is InChI=1S/C13H17N4O2/c1-16-4-5-17(8-16)3-2-15-11-7-13-12(6-10(11)14)18-9-19-13/h4-8,15H,2-3,9,14H2,1H3/q+1. The Kier molecular flexibility index (Phi) is 2.91. The van der Waals surface area contributed by atoms with Gasteiger partial charge in [0.1, 0.15) is 18.9 Å². The lowest BCUT2D eigenvalue weighted by molar-refractivity contribution is -0.671. The van der Waals surface area contributed by atoms with E-state index in [1.54, 1.807) is 6.07 Å². The Morgan fingerprint density at radius 2 is 2.16 bits per heavy atom. The maximum absolute atomic E-state index is 5.97. The minimum absolute atomic E-state index is 0.262. The average molecular weight is 261 g/mol. The Labute approximate surface area is 111 Å². The highest BCUT2D eigenvalue weighted by Gasteiger charge is 2.15. The third-order valence-electron chi connectivity index (χ3n) is 3.05. The molecule has 6 heteroatoms. The number of nitrogens with zero attached hydrogens (tertiary/aromatic N) is 2. The van der Waals surface area contributed by atoms with Crippen LogP contribution in [0.15, 0.2) is 30.9 Å². The Hall–Kier alpha value is -2.37. The number of aryl methyl sites for hydroxylation is 1. The highest BCUT2D eigenvalue weighted by atomic mass is 16.7. The molecule has 1 aromatic carbocycles. The molecule has 0 aliphatic carbocycles. The van der Waals surface area contributed by atoms with Gasteiger partial charge in [0.15, 0.2) is 11.5 Å². The summed E-state index contributed by atoms with van der Waals surface area (Å²) in [7, 11) is 2.00. The summed E-state index contributed by atoms with van der Waals surface area (Å²) in [5.74, 6) is 1.45. The second-order valence-electron chi connectivity index (χ2n) is 4.54. The molecule has 0 spiro atoms. The number of nitrogens with one attached hydrogen (secondary N) is 1. The molecule has 19 heavy (non-hydrogen) atoms. The van der Waals surface area contributed by atoms with Gasteiger partial charge < -0.3 is 20.5 Å². The average Bonchev–Trinajstić information content (AvgIpc) is 2.98. The summed E-state index contributed by atoms with van der Waals surface area (Å²) in [4.78, 5) is 0. The number of hydrogen-bond acceptors (Lipinski definition) is 4. The van der Waals surface area contributed by atoms with Crippen LogP contribution in [0.3, 0.4) is 0 Å². The van der Waals surface area contributed by atoms with Gasteiger partial charge in [-0.3, -0.25) is 0 Å². The number of nitrogen functional groups attached to an aromatic ring is 1. The lowest BCUT2D eigenvalue weighted by Gasteiger charge is -2.09. The number of imidazole rings is 1. The number of benzene rings is 1. The summed E-state index contributed by atoms with van der Waals surface area (Å²) in [6.07, 6.45) is 6.07. The first-order valence-corrected chi connectivity index (χ1v) is 6.16. The molecule has 0 fully saturated rings. The van der Waals surface area contributed by atoms with Crippen molar-refractivity contribution in [2.45, 2.75) is 6.54 Å². The van der Waals surface area contributed by atoms with Gasteiger partial charge >= 0.3 is 0 Å². The number of ether oxygens (including phenoxy) is 2. The second kappa shape index (κ2) is 4.72. The van der Waals surface area contributed by atoms with Crippen molar-refractivity contribution < 1.29 is 14.0 Å². The van der Waals surface area contributed by atoms with Crippen LogP contribution < -0.4 is 25.1 Å². The van der Waals surface area contributed by atoms with Gasteiger partial charge in [-0.1, -0.05) is 0 Å². The van der Waals surface area contributed by atoms with Crippen LogP contribution in [-0.4, -0.2) is 17.9 Å². The molecule has 3 N–H and O–H groups in total. The van der Waals surface area contributed by atoms with E-state index in [1.807, 2.05) is 36.4 Å². The maximum atomic E-state index is 5.97. The minimum Gasteiger partial charge on any atom is -0.454 e. The smallest absolute Gasteiger partial charge is 0.243 e. The first-order chi connectivity index (χ1) is 9.22. The number of rotatable bonds is 4. The van der Waals surface area contributed by atoms with Gasteiger partial charge in [-0.2, -0.15) is 0 Å². The van der Waals surface area contributed by atoms with Crippen LogP contribution in [-0.2, 0) is 13.6 Å². The van der Waals surface area contributed by atoms with Crippen molar-refractivity contribution in [3.8, 4) is 11.5 Å². The fraction of sp³-hybridized carbons (Fsp3) is 0.308. The summed E-state index contributed by atoms with van der Waals surface area (Å²) in [5.41, 5.74) is 7.51. The molecule has 1 aromatic heterocycles. The Morgan fingerprint density at radius 1 is 1.37 bits per heavy atom. The zero-order valence-corrected chi connectivity index (χ0v) is 10.8. The molecule has 0 bridgehead atoms. The molecule has 0 saturated heterocycles. The maximum Gasteiger partial charge on any atom is 0.243 e. The first-order valence-electron chi connectivity index (χ1n) is 6.16. The molecule has 3 rings (SSSR count). The zero-order chi connectivity index (χ0) is 13.2. The third kappa shape index (κ3) is 2.42. The van der Waals surface area contributed by atoms with E-state index in [0.717, 1.165) is 24.5 Å². The SMILES string of the molecule is C[n+]1ccn(CCNc2cc3c(cc2N)OCO3)c1. The van der Waals surface area contributed by atoms with Gasteiger partial charge in [-0.15, -0.1) is 0 Å². The normalized spacial score (nSPS) is 12.7. The van der Waals surface area contributed by atoms with Gasteiger partial charge in [0.25, 0.3) is 0 Å². The molecule has 6 nitrogen and oxygen atoms in total. The Balaban J connectivity index is 1.64. The van der Waals surface area contributed by atoms with Crippen LogP contribution >= 0.6 is 0 Å². The monoisotopic (exact) mass is 261 g/mol. The van der Waals surface area contributed by atoms with Crippen LogP contribution in [0.4, 0.5) is 11.4 Å². The Bertz CT molecular complexity index is 594. The lowest BCUT2D eigenvalue weighted by atomic mass is 10.2. The van der Waals surface area contributed by atoms with E-state index in [4.69, 9.17) is 15.2 Å². The van der Waals surface area contributed by atoms with Crippen molar-refractivity contribution in [1.82, 2.24) is 4.57 Å². The van der Waals surface area contributed by atoms with Gasteiger partial charge in [0, 0.05) is 12.1 Å². The van der Waals surface area contributed by atoms with Crippen LogP contribution in [0, 0.1) is 0 Å². The van der Waals surface area contributed by atoms with Gasteiger partial charge in [0.2, 0.25) is 13.1 Å². The van der Waals surface area contributed by atoms with E-state index in [1.165, 1.54) is 0 Å². The third-order valence-corrected chi connectivity index (χ3v) is 3.05. The number of fused-ring (bicyclic) bond motifs is 1. The van der Waals surface area contributed by atoms with E-state index < -0.39 is 0 Å². The van der Waals surface area contributed by atoms with Crippen molar-refractivity contribution in [1.29, 1.82) is 0 Å². The predicted octanol–water partition coefficient (Wildman–Crippen LogP) is 0.736.